The van der Waals surface area contributed by atoms with Crippen LogP contribution in [0.3, 0.4) is 0 Å². The minimum absolute atomic E-state index is 0.130. The summed E-state index contributed by atoms with van der Waals surface area (Å²) in [6, 6.07) is 0. The van der Waals surface area contributed by atoms with Crippen LogP contribution in [0.5, 0.6) is 0 Å². The lowest BCUT2D eigenvalue weighted by Crippen LogP contribution is -2.37. The van der Waals surface area contributed by atoms with E-state index in [9.17, 15) is 0 Å². The van der Waals surface area contributed by atoms with Gasteiger partial charge >= 0.3 is 0 Å². The Morgan fingerprint density at radius 1 is 1.22 bits per heavy atom. The Morgan fingerprint density at radius 2 is 1.87 bits per heavy atom. The van der Waals surface area contributed by atoms with Crippen molar-refractivity contribution in [1.29, 1.82) is 0 Å². The minimum atomic E-state index is -0.130. The maximum absolute atomic E-state index is 6.33. The van der Waals surface area contributed by atoms with Gasteiger partial charge in [-0.2, -0.15) is 0 Å². The molecule has 23 heavy (non-hydrogen) atoms. The molecule has 2 heteroatoms. The summed E-state index contributed by atoms with van der Waals surface area (Å²) in [5, 5.41) is 0. The van der Waals surface area contributed by atoms with E-state index in [0.717, 1.165) is 38.2 Å². The number of rotatable bonds is 5. The summed E-state index contributed by atoms with van der Waals surface area (Å²) in [6.45, 7) is 14.7. The van der Waals surface area contributed by atoms with Crippen LogP contribution in [-0.4, -0.2) is 18.8 Å². The van der Waals surface area contributed by atoms with Crippen LogP contribution >= 0.6 is 0 Å². The molecule has 2 aliphatic rings. The lowest BCUT2D eigenvalue weighted by Gasteiger charge is -2.37. The Morgan fingerprint density at radius 3 is 2.48 bits per heavy atom. The van der Waals surface area contributed by atoms with E-state index < -0.39 is 0 Å². The van der Waals surface area contributed by atoms with Gasteiger partial charge in [0.1, 0.15) is 11.4 Å². The van der Waals surface area contributed by atoms with Crippen molar-refractivity contribution in [2.45, 2.75) is 72.8 Å². The molecule has 0 amide bonds. The maximum Gasteiger partial charge on any atom is 0.119 e. The molecule has 2 nitrogen and oxygen atoms in total. The van der Waals surface area contributed by atoms with Crippen molar-refractivity contribution in [1.82, 2.24) is 0 Å². The molecule has 1 fully saturated rings. The molecule has 132 valence electrons. The predicted molar refractivity (Wildman–Crippen MR) is 99.4 cm³/mol. The summed E-state index contributed by atoms with van der Waals surface area (Å²) in [5.41, 5.74) is 1.37. The second-order valence-corrected chi connectivity index (χ2v) is 6.82. The molecule has 1 aliphatic carbocycles. The van der Waals surface area contributed by atoms with Crippen molar-refractivity contribution < 1.29 is 9.47 Å². The molecule has 1 atom stereocenters. The van der Waals surface area contributed by atoms with E-state index in [-0.39, 0.29) is 5.60 Å². The van der Waals surface area contributed by atoms with Crippen molar-refractivity contribution in [3.05, 3.63) is 35.6 Å². The highest BCUT2D eigenvalue weighted by Crippen LogP contribution is 2.33. The fourth-order valence-electron chi connectivity index (χ4n) is 3.10. The SMILES string of the molecule is CC.CCC(C)C1=CC=C(OC(C)(C)C2CCOCC2)C=CC1. The number of allylic oxidation sites excluding steroid dienone is 5. The van der Waals surface area contributed by atoms with Crippen molar-refractivity contribution in [2.24, 2.45) is 11.8 Å². The van der Waals surface area contributed by atoms with Crippen LogP contribution in [0, 0.1) is 11.8 Å². The number of hydrogen-bond donors (Lipinski definition) is 0. The topological polar surface area (TPSA) is 18.5 Å². The monoisotopic (exact) mass is 320 g/mol. The lowest BCUT2D eigenvalue weighted by molar-refractivity contribution is -0.0575. The van der Waals surface area contributed by atoms with Gasteiger partial charge in [0.25, 0.3) is 0 Å². The standard InChI is InChI=1S/C19H30O2.C2H6/c1-5-15(2)16-7-6-8-18(10-9-16)21-19(3,4)17-11-13-20-14-12-17;1-2/h6,8-10,15,17H,5,7,11-14H2,1-4H3;1-2H3. The molecule has 1 heterocycles. The van der Waals surface area contributed by atoms with Crippen LogP contribution in [0.15, 0.2) is 35.6 Å². The van der Waals surface area contributed by atoms with E-state index in [2.05, 4.69) is 52.0 Å². The molecule has 2 rings (SSSR count). The third kappa shape index (κ3) is 6.18. The van der Waals surface area contributed by atoms with Gasteiger partial charge in [0, 0.05) is 19.1 Å². The molecule has 0 spiro atoms. The summed E-state index contributed by atoms with van der Waals surface area (Å²) in [5.74, 6) is 2.21. The Bertz CT molecular complexity index is 423. The summed E-state index contributed by atoms with van der Waals surface area (Å²) < 4.78 is 11.8. The molecular weight excluding hydrogens is 284 g/mol. The first kappa shape index (κ1) is 20.0. The summed E-state index contributed by atoms with van der Waals surface area (Å²) in [7, 11) is 0. The van der Waals surface area contributed by atoms with E-state index >= 15 is 0 Å². The van der Waals surface area contributed by atoms with Gasteiger partial charge in [-0.05, 0) is 57.6 Å². The Kier molecular flexibility index (Phi) is 8.68. The number of hydrogen-bond acceptors (Lipinski definition) is 2. The van der Waals surface area contributed by atoms with E-state index in [0.29, 0.717) is 11.8 Å². The van der Waals surface area contributed by atoms with Crippen LogP contribution in [0.4, 0.5) is 0 Å². The molecule has 1 saturated heterocycles. The molecule has 0 aromatic carbocycles. The zero-order chi connectivity index (χ0) is 17.3. The molecule has 1 unspecified atom stereocenters. The first-order valence-electron chi connectivity index (χ1n) is 9.37. The van der Waals surface area contributed by atoms with Gasteiger partial charge in [0.2, 0.25) is 0 Å². The molecule has 0 bridgehead atoms. The predicted octanol–water partition coefficient (Wildman–Crippen LogP) is 6.05. The Balaban J connectivity index is 0.00000127. The van der Waals surface area contributed by atoms with Gasteiger partial charge in [-0.15, -0.1) is 0 Å². The number of ether oxygens (including phenoxy) is 2. The maximum atomic E-state index is 6.33. The van der Waals surface area contributed by atoms with Crippen molar-refractivity contribution in [3.63, 3.8) is 0 Å². The largest absolute Gasteiger partial charge is 0.488 e. The van der Waals surface area contributed by atoms with Crippen molar-refractivity contribution >= 4 is 0 Å². The zero-order valence-corrected chi connectivity index (χ0v) is 16.0. The quantitative estimate of drug-likeness (QED) is 0.614. The van der Waals surface area contributed by atoms with Crippen molar-refractivity contribution in [3.8, 4) is 0 Å². The summed E-state index contributed by atoms with van der Waals surface area (Å²) in [4.78, 5) is 0. The third-order valence-electron chi connectivity index (χ3n) is 4.93. The summed E-state index contributed by atoms with van der Waals surface area (Å²) in [6.07, 6.45) is 13.2. The highest BCUT2D eigenvalue weighted by molar-refractivity contribution is 5.29. The van der Waals surface area contributed by atoms with Gasteiger partial charge < -0.3 is 9.47 Å². The molecule has 0 N–H and O–H groups in total. The molecular formula is C21H36O2. The third-order valence-corrected chi connectivity index (χ3v) is 4.93. The lowest BCUT2D eigenvalue weighted by atomic mass is 9.84. The smallest absolute Gasteiger partial charge is 0.119 e. The highest BCUT2D eigenvalue weighted by atomic mass is 16.5. The fraction of sp³-hybridized carbons (Fsp3) is 0.714. The molecule has 1 aliphatic heterocycles. The van der Waals surface area contributed by atoms with Gasteiger partial charge in [-0.3, -0.25) is 0 Å². The molecule has 0 saturated carbocycles. The van der Waals surface area contributed by atoms with E-state index in [1.165, 1.54) is 12.0 Å². The minimum Gasteiger partial charge on any atom is -0.488 e. The second-order valence-electron chi connectivity index (χ2n) is 6.82. The van der Waals surface area contributed by atoms with E-state index in [4.69, 9.17) is 9.47 Å². The fourth-order valence-corrected chi connectivity index (χ4v) is 3.10. The highest BCUT2D eigenvalue weighted by Gasteiger charge is 2.33. The van der Waals surface area contributed by atoms with Gasteiger partial charge in [0.15, 0.2) is 0 Å². The molecule has 0 aromatic heterocycles. The first-order chi connectivity index (χ1) is 11.0. The average Bonchev–Trinajstić information content (AvgIpc) is 2.82. The van der Waals surface area contributed by atoms with Crippen LogP contribution in [-0.2, 0) is 9.47 Å². The normalized spacial score (nSPS) is 20.6. The van der Waals surface area contributed by atoms with Crippen LogP contribution < -0.4 is 0 Å². The van der Waals surface area contributed by atoms with Crippen LogP contribution in [0.1, 0.15) is 67.2 Å². The van der Waals surface area contributed by atoms with Crippen molar-refractivity contribution in [2.75, 3.05) is 13.2 Å². The molecule has 0 aromatic rings. The summed E-state index contributed by atoms with van der Waals surface area (Å²) >= 11 is 0. The molecule has 0 radical (unpaired) electrons. The Hall–Kier alpha value is -1.02. The van der Waals surface area contributed by atoms with Crippen LogP contribution in [0.25, 0.3) is 0 Å². The van der Waals surface area contributed by atoms with Gasteiger partial charge in [-0.1, -0.05) is 45.4 Å². The van der Waals surface area contributed by atoms with E-state index in [1.54, 1.807) is 0 Å². The first-order valence-corrected chi connectivity index (χ1v) is 9.37. The average molecular weight is 321 g/mol. The Labute approximate surface area is 143 Å². The van der Waals surface area contributed by atoms with E-state index in [1.807, 2.05) is 13.8 Å². The van der Waals surface area contributed by atoms with Crippen LogP contribution in [0.2, 0.25) is 0 Å². The second kappa shape index (κ2) is 9.97. The zero-order valence-electron chi connectivity index (χ0n) is 16.0. The van der Waals surface area contributed by atoms with Gasteiger partial charge in [0.05, 0.1) is 0 Å². The van der Waals surface area contributed by atoms with Gasteiger partial charge in [-0.25, -0.2) is 0 Å².